The average molecular weight is 309 g/mol. The molecule has 2 aromatic carbocycles. The summed E-state index contributed by atoms with van der Waals surface area (Å²) in [6.07, 6.45) is 2.94. The fourth-order valence-electron chi connectivity index (χ4n) is 1.57. The van der Waals surface area contributed by atoms with E-state index in [0.29, 0.717) is 5.02 Å². The third-order valence-corrected chi connectivity index (χ3v) is 2.90. The third kappa shape index (κ3) is 4.29. The SMILES string of the molecule is O=C(N/C=C/c1ccccc1Cl)Nc1cc(F)ccc1F. The van der Waals surface area contributed by atoms with Gasteiger partial charge in [0.15, 0.2) is 0 Å². The van der Waals surface area contributed by atoms with E-state index in [0.717, 1.165) is 23.8 Å². The molecule has 0 unspecified atom stereocenters. The van der Waals surface area contributed by atoms with Crippen LogP contribution in [0.5, 0.6) is 0 Å². The molecule has 2 amide bonds. The molecule has 0 bridgehead atoms. The van der Waals surface area contributed by atoms with Gasteiger partial charge in [0.1, 0.15) is 11.6 Å². The Hall–Kier alpha value is -2.40. The lowest BCUT2D eigenvalue weighted by Crippen LogP contribution is -2.24. The minimum absolute atomic E-state index is 0.237. The van der Waals surface area contributed by atoms with Crippen molar-refractivity contribution >= 4 is 29.4 Å². The minimum Gasteiger partial charge on any atom is -0.314 e. The second kappa shape index (κ2) is 6.85. The van der Waals surface area contributed by atoms with Crippen LogP contribution in [0.4, 0.5) is 19.3 Å². The highest BCUT2D eigenvalue weighted by Crippen LogP contribution is 2.16. The standard InChI is InChI=1S/C15H11ClF2N2O/c16-12-4-2-1-3-10(12)7-8-19-15(21)20-14-9-11(17)5-6-13(14)18/h1-9H,(H2,19,20,21)/b8-7+. The van der Waals surface area contributed by atoms with E-state index in [1.807, 2.05) is 0 Å². The monoisotopic (exact) mass is 308 g/mol. The van der Waals surface area contributed by atoms with Crippen molar-refractivity contribution in [2.75, 3.05) is 5.32 Å². The molecule has 108 valence electrons. The van der Waals surface area contributed by atoms with Gasteiger partial charge >= 0.3 is 6.03 Å². The second-order valence-corrected chi connectivity index (χ2v) is 4.48. The fourth-order valence-corrected chi connectivity index (χ4v) is 1.77. The van der Waals surface area contributed by atoms with Crippen LogP contribution in [-0.4, -0.2) is 6.03 Å². The first kappa shape index (κ1) is 15.0. The van der Waals surface area contributed by atoms with Gasteiger partial charge in [-0.1, -0.05) is 29.8 Å². The topological polar surface area (TPSA) is 41.1 Å². The molecule has 0 spiro atoms. The Morgan fingerprint density at radius 2 is 1.90 bits per heavy atom. The summed E-state index contributed by atoms with van der Waals surface area (Å²) < 4.78 is 26.3. The zero-order valence-electron chi connectivity index (χ0n) is 10.7. The van der Waals surface area contributed by atoms with Crippen LogP contribution < -0.4 is 10.6 Å². The van der Waals surface area contributed by atoms with Gasteiger partial charge < -0.3 is 10.6 Å². The molecule has 3 nitrogen and oxygen atoms in total. The van der Waals surface area contributed by atoms with Crippen LogP contribution in [0.2, 0.25) is 5.02 Å². The van der Waals surface area contributed by atoms with Crippen LogP contribution in [-0.2, 0) is 0 Å². The van der Waals surface area contributed by atoms with Crippen molar-refractivity contribution in [3.05, 3.63) is 70.9 Å². The number of carbonyl (C=O) groups is 1. The van der Waals surface area contributed by atoms with Gasteiger partial charge in [0, 0.05) is 17.3 Å². The van der Waals surface area contributed by atoms with E-state index in [1.165, 1.54) is 6.20 Å². The quantitative estimate of drug-likeness (QED) is 0.866. The van der Waals surface area contributed by atoms with Gasteiger partial charge in [0.25, 0.3) is 0 Å². The molecular weight excluding hydrogens is 298 g/mol. The van der Waals surface area contributed by atoms with Gasteiger partial charge in [0.05, 0.1) is 5.69 Å². The molecule has 0 fully saturated rings. The zero-order chi connectivity index (χ0) is 15.2. The van der Waals surface area contributed by atoms with Gasteiger partial charge in [-0.2, -0.15) is 0 Å². The maximum absolute atomic E-state index is 13.3. The van der Waals surface area contributed by atoms with Crippen LogP contribution in [0.3, 0.4) is 0 Å². The highest BCUT2D eigenvalue weighted by molar-refractivity contribution is 6.32. The van der Waals surface area contributed by atoms with Crippen LogP contribution in [0, 0.1) is 11.6 Å². The van der Waals surface area contributed by atoms with E-state index in [2.05, 4.69) is 10.6 Å². The highest BCUT2D eigenvalue weighted by Gasteiger charge is 2.06. The Labute approximate surface area is 125 Å². The number of hydrogen-bond acceptors (Lipinski definition) is 1. The molecule has 6 heteroatoms. The van der Waals surface area contributed by atoms with Crippen LogP contribution in [0.15, 0.2) is 48.7 Å². The van der Waals surface area contributed by atoms with Crippen LogP contribution >= 0.6 is 11.6 Å². The van der Waals surface area contributed by atoms with E-state index in [9.17, 15) is 13.6 Å². The largest absolute Gasteiger partial charge is 0.323 e. The molecule has 0 saturated carbocycles. The lowest BCUT2D eigenvalue weighted by molar-refractivity contribution is 0.255. The zero-order valence-corrected chi connectivity index (χ0v) is 11.5. The Balaban J connectivity index is 1.96. The average Bonchev–Trinajstić information content (AvgIpc) is 2.45. The number of hydrogen-bond donors (Lipinski definition) is 2. The van der Waals surface area contributed by atoms with Crippen LogP contribution in [0.25, 0.3) is 6.08 Å². The number of urea groups is 1. The van der Waals surface area contributed by atoms with Crippen molar-refractivity contribution in [2.45, 2.75) is 0 Å². The Bertz CT molecular complexity index is 689. The van der Waals surface area contributed by atoms with Crippen molar-refractivity contribution in [1.82, 2.24) is 5.32 Å². The molecule has 0 aromatic heterocycles. The molecule has 0 radical (unpaired) electrons. The van der Waals surface area contributed by atoms with E-state index in [4.69, 9.17) is 11.6 Å². The minimum atomic E-state index is -0.721. The summed E-state index contributed by atoms with van der Waals surface area (Å²) in [5.74, 6) is -1.36. The Morgan fingerprint density at radius 1 is 1.14 bits per heavy atom. The normalized spacial score (nSPS) is 10.6. The van der Waals surface area contributed by atoms with E-state index >= 15 is 0 Å². The van der Waals surface area contributed by atoms with Gasteiger partial charge in [-0.3, -0.25) is 0 Å². The summed E-state index contributed by atoms with van der Waals surface area (Å²) in [6.45, 7) is 0. The molecule has 0 aliphatic carbocycles. The molecule has 2 rings (SSSR count). The lowest BCUT2D eigenvalue weighted by atomic mass is 10.2. The van der Waals surface area contributed by atoms with Gasteiger partial charge in [0.2, 0.25) is 0 Å². The number of rotatable bonds is 3. The van der Waals surface area contributed by atoms with Crippen molar-refractivity contribution < 1.29 is 13.6 Å². The van der Waals surface area contributed by atoms with Crippen molar-refractivity contribution in [1.29, 1.82) is 0 Å². The first-order chi connectivity index (χ1) is 10.1. The fraction of sp³-hybridized carbons (Fsp3) is 0. The molecule has 0 atom stereocenters. The maximum atomic E-state index is 13.3. The third-order valence-electron chi connectivity index (χ3n) is 2.56. The van der Waals surface area contributed by atoms with Crippen molar-refractivity contribution in [3.8, 4) is 0 Å². The van der Waals surface area contributed by atoms with E-state index in [1.54, 1.807) is 30.3 Å². The molecule has 0 aliphatic rings. The summed E-state index contributed by atoms with van der Waals surface area (Å²) in [4.78, 5) is 11.6. The smallest absolute Gasteiger partial charge is 0.314 e. The number of anilines is 1. The molecule has 2 aromatic rings. The number of halogens is 3. The number of carbonyl (C=O) groups excluding carboxylic acids is 1. The predicted octanol–water partition coefficient (Wildman–Crippen LogP) is 4.41. The summed E-state index contributed by atoms with van der Waals surface area (Å²) in [7, 11) is 0. The van der Waals surface area contributed by atoms with E-state index < -0.39 is 17.7 Å². The van der Waals surface area contributed by atoms with Crippen molar-refractivity contribution in [3.63, 3.8) is 0 Å². The lowest BCUT2D eigenvalue weighted by Gasteiger charge is -2.06. The number of amides is 2. The number of nitrogens with one attached hydrogen (secondary N) is 2. The molecule has 0 saturated heterocycles. The summed E-state index contributed by atoms with van der Waals surface area (Å²) in [5, 5.41) is 5.11. The molecular formula is C15H11ClF2N2O. The van der Waals surface area contributed by atoms with Gasteiger partial charge in [-0.05, 0) is 29.8 Å². The first-order valence-electron chi connectivity index (χ1n) is 6.00. The Morgan fingerprint density at radius 3 is 2.67 bits per heavy atom. The maximum Gasteiger partial charge on any atom is 0.323 e. The Kier molecular flexibility index (Phi) is 4.90. The predicted molar refractivity (Wildman–Crippen MR) is 79.0 cm³/mol. The second-order valence-electron chi connectivity index (χ2n) is 4.08. The van der Waals surface area contributed by atoms with Gasteiger partial charge in [-0.15, -0.1) is 0 Å². The number of benzene rings is 2. The van der Waals surface area contributed by atoms with E-state index in [-0.39, 0.29) is 5.69 Å². The highest BCUT2D eigenvalue weighted by atomic mass is 35.5. The summed E-state index contributed by atoms with van der Waals surface area (Å²) in [6, 6.07) is 9.17. The van der Waals surface area contributed by atoms with Crippen LogP contribution in [0.1, 0.15) is 5.56 Å². The summed E-state index contributed by atoms with van der Waals surface area (Å²) in [5.41, 5.74) is 0.482. The summed E-state index contributed by atoms with van der Waals surface area (Å²) >= 11 is 5.94. The molecule has 2 N–H and O–H groups in total. The first-order valence-corrected chi connectivity index (χ1v) is 6.38. The van der Waals surface area contributed by atoms with Crippen molar-refractivity contribution in [2.24, 2.45) is 0 Å². The molecule has 21 heavy (non-hydrogen) atoms. The molecule has 0 heterocycles. The molecule has 0 aliphatic heterocycles. The van der Waals surface area contributed by atoms with Gasteiger partial charge in [-0.25, -0.2) is 13.6 Å².